The Balaban J connectivity index is 1.66. The molecule has 0 saturated heterocycles. The van der Waals surface area contributed by atoms with Crippen LogP contribution >= 0.6 is 0 Å². The summed E-state index contributed by atoms with van der Waals surface area (Å²) in [6.07, 6.45) is 1.85. The lowest BCUT2D eigenvalue weighted by Crippen LogP contribution is -2.37. The highest BCUT2D eigenvalue weighted by Crippen LogP contribution is 2.19. The zero-order valence-corrected chi connectivity index (χ0v) is 16.5. The minimum absolute atomic E-state index is 0.107. The van der Waals surface area contributed by atoms with Gasteiger partial charge in [-0.1, -0.05) is 65.8 Å². The quantitative estimate of drug-likeness (QED) is 0.566. The molecule has 0 aliphatic heterocycles. The normalized spacial score (nSPS) is 11.0. The summed E-state index contributed by atoms with van der Waals surface area (Å²) < 4.78 is 5.38. The molecular formula is C23H27N3O2. The molecule has 0 N–H and O–H groups in total. The molecule has 1 heterocycles. The van der Waals surface area contributed by atoms with Crippen molar-refractivity contribution in [1.29, 1.82) is 0 Å². The van der Waals surface area contributed by atoms with Crippen molar-refractivity contribution >= 4 is 5.91 Å². The molecule has 2 aromatic carbocycles. The Labute approximate surface area is 166 Å². The van der Waals surface area contributed by atoms with Gasteiger partial charge in [0.25, 0.3) is 5.91 Å². The number of aromatic nitrogens is 1. The van der Waals surface area contributed by atoms with Gasteiger partial charge in [0, 0.05) is 31.3 Å². The van der Waals surface area contributed by atoms with Crippen LogP contribution in [0.15, 0.2) is 71.3 Å². The van der Waals surface area contributed by atoms with Gasteiger partial charge in [-0.05, 0) is 32.5 Å². The summed E-state index contributed by atoms with van der Waals surface area (Å²) in [5.41, 5.74) is 2.91. The Morgan fingerprint density at radius 2 is 1.61 bits per heavy atom. The maximum atomic E-state index is 13.0. The maximum Gasteiger partial charge on any atom is 0.292 e. The van der Waals surface area contributed by atoms with E-state index in [4.69, 9.17) is 4.52 Å². The van der Waals surface area contributed by atoms with Crippen LogP contribution in [0, 0.1) is 0 Å². The van der Waals surface area contributed by atoms with E-state index in [1.165, 1.54) is 5.56 Å². The van der Waals surface area contributed by atoms with Gasteiger partial charge < -0.3 is 14.3 Å². The van der Waals surface area contributed by atoms with Gasteiger partial charge in [0.15, 0.2) is 0 Å². The molecule has 146 valence electrons. The highest BCUT2D eigenvalue weighted by Gasteiger charge is 2.21. The molecule has 0 saturated carbocycles. The molecule has 0 aliphatic rings. The molecule has 0 fully saturated rings. The zero-order valence-electron chi connectivity index (χ0n) is 16.5. The molecule has 1 aromatic heterocycles. The lowest BCUT2D eigenvalue weighted by molar-refractivity contribution is 0.0701. The van der Waals surface area contributed by atoms with Crippen LogP contribution in [0.25, 0.3) is 11.3 Å². The van der Waals surface area contributed by atoms with Crippen LogP contribution in [0.3, 0.4) is 0 Å². The van der Waals surface area contributed by atoms with Crippen LogP contribution in [-0.2, 0) is 6.42 Å². The first-order valence-electron chi connectivity index (χ1n) is 9.63. The summed E-state index contributed by atoms with van der Waals surface area (Å²) in [7, 11) is 4.02. The summed E-state index contributed by atoms with van der Waals surface area (Å²) in [4.78, 5) is 17.0. The lowest BCUT2D eigenvalue weighted by atomic mass is 10.1. The summed E-state index contributed by atoms with van der Waals surface area (Å²) >= 11 is 0. The average molecular weight is 377 g/mol. The molecule has 3 rings (SSSR count). The molecule has 0 bridgehead atoms. The first kappa shape index (κ1) is 19.8. The number of benzene rings is 2. The molecule has 1 amide bonds. The number of rotatable bonds is 9. The van der Waals surface area contributed by atoms with Crippen LogP contribution < -0.4 is 0 Å². The first-order chi connectivity index (χ1) is 13.6. The standard InChI is InChI=1S/C23H27N3O2/c1-25(2)16-17-26(15-9-12-19-10-5-3-6-11-19)23(27)22-18-21(24-28-22)20-13-7-4-8-14-20/h3-8,10-11,13-14,18H,9,12,15-17H2,1-2H3. The molecule has 0 radical (unpaired) electrons. The van der Waals surface area contributed by atoms with E-state index >= 15 is 0 Å². The number of carbonyl (C=O) groups excluding carboxylic acids is 1. The summed E-state index contributed by atoms with van der Waals surface area (Å²) in [5, 5.41) is 4.08. The smallest absolute Gasteiger partial charge is 0.292 e. The second-order valence-electron chi connectivity index (χ2n) is 7.13. The number of hydrogen-bond acceptors (Lipinski definition) is 4. The highest BCUT2D eigenvalue weighted by molar-refractivity contribution is 5.92. The minimum Gasteiger partial charge on any atom is -0.350 e. The molecule has 3 aromatic rings. The van der Waals surface area contributed by atoms with Crippen molar-refractivity contribution in [3.8, 4) is 11.3 Å². The summed E-state index contributed by atoms with van der Waals surface area (Å²) in [6, 6.07) is 21.8. The molecule has 0 atom stereocenters. The Bertz CT molecular complexity index is 860. The van der Waals surface area contributed by atoms with E-state index in [1.807, 2.05) is 67.5 Å². The predicted octanol–water partition coefficient (Wildman–Crippen LogP) is 3.98. The van der Waals surface area contributed by atoms with E-state index in [0.717, 1.165) is 24.9 Å². The second-order valence-corrected chi connectivity index (χ2v) is 7.13. The molecule has 5 nitrogen and oxygen atoms in total. The maximum absolute atomic E-state index is 13.0. The van der Waals surface area contributed by atoms with Crippen molar-refractivity contribution in [2.45, 2.75) is 12.8 Å². The van der Waals surface area contributed by atoms with Gasteiger partial charge in [-0.3, -0.25) is 4.79 Å². The van der Waals surface area contributed by atoms with Crippen LogP contribution in [0.5, 0.6) is 0 Å². The Morgan fingerprint density at radius 1 is 0.929 bits per heavy atom. The van der Waals surface area contributed by atoms with Gasteiger partial charge in [-0.25, -0.2) is 0 Å². The van der Waals surface area contributed by atoms with Gasteiger partial charge in [0.1, 0.15) is 5.69 Å². The largest absolute Gasteiger partial charge is 0.350 e. The van der Waals surface area contributed by atoms with Gasteiger partial charge in [-0.15, -0.1) is 0 Å². The molecular weight excluding hydrogens is 350 g/mol. The monoisotopic (exact) mass is 377 g/mol. The van der Waals surface area contributed by atoms with Crippen molar-refractivity contribution in [3.63, 3.8) is 0 Å². The number of carbonyl (C=O) groups is 1. The molecule has 28 heavy (non-hydrogen) atoms. The van der Waals surface area contributed by atoms with Crippen LogP contribution in [0.1, 0.15) is 22.5 Å². The van der Waals surface area contributed by atoms with E-state index in [2.05, 4.69) is 22.2 Å². The average Bonchev–Trinajstić information content (AvgIpc) is 3.21. The van der Waals surface area contributed by atoms with Crippen molar-refractivity contribution < 1.29 is 9.32 Å². The van der Waals surface area contributed by atoms with Crippen LogP contribution in [0.2, 0.25) is 0 Å². The van der Waals surface area contributed by atoms with Gasteiger partial charge in [0.2, 0.25) is 5.76 Å². The Kier molecular flexibility index (Phi) is 6.98. The van der Waals surface area contributed by atoms with Gasteiger partial charge >= 0.3 is 0 Å². The Morgan fingerprint density at radius 3 is 2.29 bits per heavy atom. The topological polar surface area (TPSA) is 49.6 Å². The lowest BCUT2D eigenvalue weighted by Gasteiger charge is -2.23. The first-order valence-corrected chi connectivity index (χ1v) is 9.63. The van der Waals surface area contributed by atoms with E-state index < -0.39 is 0 Å². The van der Waals surface area contributed by atoms with Crippen LogP contribution in [-0.4, -0.2) is 54.6 Å². The number of nitrogens with zero attached hydrogens (tertiary/aromatic N) is 3. The number of amides is 1. The predicted molar refractivity (Wildman–Crippen MR) is 111 cm³/mol. The highest BCUT2D eigenvalue weighted by atomic mass is 16.5. The fourth-order valence-corrected chi connectivity index (χ4v) is 3.03. The van der Waals surface area contributed by atoms with Gasteiger partial charge in [-0.2, -0.15) is 0 Å². The molecule has 0 unspecified atom stereocenters. The second kappa shape index (κ2) is 9.85. The van der Waals surface area contributed by atoms with Crippen molar-refractivity contribution in [3.05, 3.63) is 78.1 Å². The van der Waals surface area contributed by atoms with E-state index in [9.17, 15) is 4.79 Å². The molecule has 5 heteroatoms. The van der Waals surface area contributed by atoms with Crippen LogP contribution in [0.4, 0.5) is 0 Å². The molecule has 0 aliphatic carbocycles. The Hall–Kier alpha value is -2.92. The van der Waals surface area contributed by atoms with Gasteiger partial charge in [0.05, 0.1) is 0 Å². The third-order valence-corrected chi connectivity index (χ3v) is 4.63. The van der Waals surface area contributed by atoms with E-state index in [-0.39, 0.29) is 11.7 Å². The third kappa shape index (κ3) is 5.54. The number of likely N-dealkylation sites (N-methyl/N-ethyl adjacent to an activating group) is 1. The summed E-state index contributed by atoms with van der Waals surface area (Å²) in [6.45, 7) is 2.14. The van der Waals surface area contributed by atoms with Crippen molar-refractivity contribution in [1.82, 2.24) is 15.0 Å². The number of aryl methyl sites for hydroxylation is 1. The third-order valence-electron chi connectivity index (χ3n) is 4.63. The molecule has 0 spiro atoms. The number of hydrogen-bond donors (Lipinski definition) is 0. The van der Waals surface area contributed by atoms with Crippen molar-refractivity contribution in [2.75, 3.05) is 33.7 Å². The minimum atomic E-state index is -0.107. The summed E-state index contributed by atoms with van der Waals surface area (Å²) in [5.74, 6) is 0.182. The van der Waals surface area contributed by atoms with E-state index in [1.54, 1.807) is 6.07 Å². The SMILES string of the molecule is CN(C)CCN(CCCc1ccccc1)C(=O)c1cc(-c2ccccc2)no1. The fourth-order valence-electron chi connectivity index (χ4n) is 3.03. The van der Waals surface area contributed by atoms with E-state index in [0.29, 0.717) is 18.8 Å². The fraction of sp³-hybridized carbons (Fsp3) is 0.304. The zero-order chi connectivity index (χ0) is 19.8. The van der Waals surface area contributed by atoms with Crippen molar-refractivity contribution in [2.24, 2.45) is 0 Å².